The molecular formula is C11H18N2O2. The molecule has 0 atom stereocenters. The maximum atomic E-state index is 11.3. The summed E-state index contributed by atoms with van der Waals surface area (Å²) in [7, 11) is 0. The van der Waals surface area contributed by atoms with E-state index in [1.54, 1.807) is 6.07 Å². The summed E-state index contributed by atoms with van der Waals surface area (Å²) < 4.78 is 5.14. The Morgan fingerprint density at radius 1 is 1.53 bits per heavy atom. The van der Waals surface area contributed by atoms with Gasteiger partial charge in [0.25, 0.3) is 0 Å². The average Bonchev–Trinajstić information content (AvgIpc) is 2.52. The molecule has 1 amide bonds. The molecule has 0 radical (unpaired) electrons. The molecule has 4 nitrogen and oxygen atoms in total. The number of rotatable bonds is 3. The van der Waals surface area contributed by atoms with Crippen LogP contribution in [0.4, 0.5) is 5.82 Å². The summed E-state index contributed by atoms with van der Waals surface area (Å²) in [5, 5.41) is 6.49. The quantitative estimate of drug-likeness (QED) is 0.834. The first-order valence-electron chi connectivity index (χ1n) is 5.20. The highest BCUT2D eigenvalue weighted by molar-refractivity contribution is 5.89. The molecule has 84 valence electrons. The summed E-state index contributed by atoms with van der Waals surface area (Å²) in [6.07, 6.45) is 1.34. The standard InChI is InChI=1S/C11H18N2O2/c1-5-6-10(14)12-9-7-8(15-13-9)11(2,3)4/h7H,5-6H2,1-4H3,(H,12,13,14). The molecule has 0 bridgehead atoms. The highest BCUT2D eigenvalue weighted by Gasteiger charge is 2.20. The van der Waals surface area contributed by atoms with E-state index in [4.69, 9.17) is 4.52 Å². The van der Waals surface area contributed by atoms with Crippen LogP contribution in [-0.4, -0.2) is 11.1 Å². The largest absolute Gasteiger partial charge is 0.359 e. The zero-order valence-corrected chi connectivity index (χ0v) is 9.76. The van der Waals surface area contributed by atoms with Gasteiger partial charge in [0.05, 0.1) is 0 Å². The molecule has 1 rings (SSSR count). The Hall–Kier alpha value is -1.32. The summed E-state index contributed by atoms with van der Waals surface area (Å²) in [6.45, 7) is 8.06. The first-order valence-corrected chi connectivity index (χ1v) is 5.20. The molecule has 0 aliphatic rings. The predicted octanol–water partition coefficient (Wildman–Crippen LogP) is 2.71. The van der Waals surface area contributed by atoms with Crippen LogP contribution in [-0.2, 0) is 10.2 Å². The third kappa shape index (κ3) is 3.38. The van der Waals surface area contributed by atoms with Crippen molar-refractivity contribution < 1.29 is 9.32 Å². The molecule has 0 spiro atoms. The minimum absolute atomic E-state index is 0.0220. The lowest BCUT2D eigenvalue weighted by Gasteiger charge is -2.11. The van der Waals surface area contributed by atoms with Crippen LogP contribution in [0.15, 0.2) is 10.6 Å². The second kappa shape index (κ2) is 4.47. The lowest BCUT2D eigenvalue weighted by molar-refractivity contribution is -0.116. The van der Waals surface area contributed by atoms with E-state index < -0.39 is 0 Å². The Balaban J connectivity index is 2.65. The smallest absolute Gasteiger partial charge is 0.225 e. The maximum Gasteiger partial charge on any atom is 0.225 e. The van der Waals surface area contributed by atoms with Crippen LogP contribution < -0.4 is 5.32 Å². The zero-order chi connectivity index (χ0) is 11.5. The van der Waals surface area contributed by atoms with Gasteiger partial charge in [-0.3, -0.25) is 4.79 Å². The van der Waals surface area contributed by atoms with Crippen molar-refractivity contribution in [1.82, 2.24) is 5.16 Å². The monoisotopic (exact) mass is 210 g/mol. The van der Waals surface area contributed by atoms with Crippen LogP contribution in [0.25, 0.3) is 0 Å². The number of carbonyl (C=O) groups is 1. The molecule has 1 aromatic rings. The summed E-state index contributed by atoms with van der Waals surface area (Å²) in [5.41, 5.74) is -0.0826. The first kappa shape index (κ1) is 11.8. The zero-order valence-electron chi connectivity index (χ0n) is 9.76. The van der Waals surface area contributed by atoms with E-state index in [0.717, 1.165) is 12.2 Å². The fraction of sp³-hybridized carbons (Fsp3) is 0.636. The van der Waals surface area contributed by atoms with E-state index in [1.807, 2.05) is 27.7 Å². The number of aromatic nitrogens is 1. The molecule has 1 N–H and O–H groups in total. The van der Waals surface area contributed by atoms with Crippen LogP contribution >= 0.6 is 0 Å². The molecule has 0 aliphatic heterocycles. The number of carbonyl (C=O) groups excluding carboxylic acids is 1. The van der Waals surface area contributed by atoms with Crippen LogP contribution in [0.3, 0.4) is 0 Å². The molecule has 0 fully saturated rings. The normalized spacial score (nSPS) is 11.5. The second-order valence-corrected chi connectivity index (χ2v) is 4.62. The Labute approximate surface area is 90.0 Å². The molecule has 15 heavy (non-hydrogen) atoms. The van der Waals surface area contributed by atoms with E-state index in [2.05, 4.69) is 10.5 Å². The molecule has 4 heteroatoms. The fourth-order valence-electron chi connectivity index (χ4n) is 1.12. The Kier molecular flexibility index (Phi) is 3.50. The predicted molar refractivity (Wildman–Crippen MR) is 58.7 cm³/mol. The van der Waals surface area contributed by atoms with E-state index in [-0.39, 0.29) is 11.3 Å². The first-order chi connectivity index (χ1) is 6.93. The summed E-state index contributed by atoms with van der Waals surface area (Å²) in [5.74, 6) is 1.25. The third-order valence-electron chi connectivity index (χ3n) is 1.99. The van der Waals surface area contributed by atoms with Crippen LogP contribution in [0.1, 0.15) is 46.3 Å². The lowest BCUT2D eigenvalue weighted by Crippen LogP contribution is -2.11. The van der Waals surface area contributed by atoms with Gasteiger partial charge in [-0.1, -0.05) is 32.9 Å². The van der Waals surface area contributed by atoms with Crippen molar-refractivity contribution in [1.29, 1.82) is 0 Å². The van der Waals surface area contributed by atoms with Gasteiger partial charge in [-0.25, -0.2) is 0 Å². The van der Waals surface area contributed by atoms with Gasteiger partial charge in [0.15, 0.2) is 5.82 Å². The maximum absolute atomic E-state index is 11.3. The number of nitrogens with zero attached hydrogens (tertiary/aromatic N) is 1. The van der Waals surface area contributed by atoms with Gasteiger partial charge in [0, 0.05) is 17.9 Å². The molecule has 0 aliphatic carbocycles. The van der Waals surface area contributed by atoms with Crippen LogP contribution in [0, 0.1) is 0 Å². The minimum atomic E-state index is -0.0826. The summed E-state index contributed by atoms with van der Waals surface area (Å²) in [6, 6.07) is 1.77. The van der Waals surface area contributed by atoms with Gasteiger partial charge < -0.3 is 9.84 Å². The van der Waals surface area contributed by atoms with Crippen molar-refractivity contribution in [2.24, 2.45) is 0 Å². The van der Waals surface area contributed by atoms with Gasteiger partial charge in [-0.05, 0) is 6.42 Å². The Bertz CT molecular complexity index is 337. The van der Waals surface area contributed by atoms with Crippen LogP contribution in [0.2, 0.25) is 0 Å². The molecule has 0 saturated heterocycles. The summed E-state index contributed by atoms with van der Waals surface area (Å²) >= 11 is 0. The van der Waals surface area contributed by atoms with Gasteiger partial charge in [0.2, 0.25) is 5.91 Å². The van der Waals surface area contributed by atoms with E-state index in [0.29, 0.717) is 12.2 Å². The third-order valence-corrected chi connectivity index (χ3v) is 1.99. The molecule has 0 unspecified atom stereocenters. The second-order valence-electron chi connectivity index (χ2n) is 4.62. The highest BCUT2D eigenvalue weighted by atomic mass is 16.5. The average molecular weight is 210 g/mol. The number of nitrogens with one attached hydrogen (secondary N) is 1. The van der Waals surface area contributed by atoms with Crippen molar-refractivity contribution in [2.45, 2.75) is 46.0 Å². The lowest BCUT2D eigenvalue weighted by atomic mass is 9.93. The van der Waals surface area contributed by atoms with Crippen molar-refractivity contribution in [3.63, 3.8) is 0 Å². The van der Waals surface area contributed by atoms with E-state index >= 15 is 0 Å². The molecule has 0 aromatic carbocycles. The molecule has 1 aromatic heterocycles. The van der Waals surface area contributed by atoms with Crippen LogP contribution in [0.5, 0.6) is 0 Å². The van der Waals surface area contributed by atoms with Crippen molar-refractivity contribution in [3.8, 4) is 0 Å². The number of amides is 1. The number of hydrogen-bond acceptors (Lipinski definition) is 3. The van der Waals surface area contributed by atoms with Gasteiger partial charge in [-0.15, -0.1) is 0 Å². The SMILES string of the molecule is CCCC(=O)Nc1cc(C(C)(C)C)on1. The number of anilines is 1. The number of hydrogen-bond donors (Lipinski definition) is 1. The highest BCUT2D eigenvalue weighted by Crippen LogP contribution is 2.24. The van der Waals surface area contributed by atoms with Crippen molar-refractivity contribution in [3.05, 3.63) is 11.8 Å². The van der Waals surface area contributed by atoms with Crippen molar-refractivity contribution in [2.75, 3.05) is 5.32 Å². The van der Waals surface area contributed by atoms with Gasteiger partial charge >= 0.3 is 0 Å². The molecule has 0 saturated carbocycles. The molecular weight excluding hydrogens is 192 g/mol. The summed E-state index contributed by atoms with van der Waals surface area (Å²) in [4.78, 5) is 11.3. The fourth-order valence-corrected chi connectivity index (χ4v) is 1.12. The van der Waals surface area contributed by atoms with Gasteiger partial charge in [-0.2, -0.15) is 0 Å². The Morgan fingerprint density at radius 3 is 2.67 bits per heavy atom. The van der Waals surface area contributed by atoms with E-state index in [1.165, 1.54) is 0 Å². The minimum Gasteiger partial charge on any atom is -0.359 e. The Morgan fingerprint density at radius 2 is 2.20 bits per heavy atom. The van der Waals surface area contributed by atoms with Gasteiger partial charge in [0.1, 0.15) is 5.76 Å². The van der Waals surface area contributed by atoms with Crippen molar-refractivity contribution >= 4 is 11.7 Å². The van der Waals surface area contributed by atoms with E-state index in [9.17, 15) is 4.79 Å². The topological polar surface area (TPSA) is 55.1 Å². The molecule has 1 heterocycles.